The third-order valence-electron chi connectivity index (χ3n) is 2.58. The summed E-state index contributed by atoms with van der Waals surface area (Å²) in [5, 5.41) is 6.02. The molecule has 1 amide bonds. The van der Waals surface area contributed by atoms with Crippen LogP contribution in [0.2, 0.25) is 0 Å². The van der Waals surface area contributed by atoms with Gasteiger partial charge >= 0.3 is 0 Å². The summed E-state index contributed by atoms with van der Waals surface area (Å²) in [7, 11) is -0.810. The molecule has 0 rings (SSSR count). The predicted octanol–water partition coefficient (Wildman–Crippen LogP) is 0.648. The summed E-state index contributed by atoms with van der Waals surface area (Å²) in [6.45, 7) is 8.46. The fourth-order valence-corrected chi connectivity index (χ4v) is 1.45. The van der Waals surface area contributed by atoms with Crippen LogP contribution in [0.3, 0.4) is 0 Å². The SMILES string of the molecule is CCC(C)(C)NC(=O)C(C)NCCS(C)=O. The fourth-order valence-electron chi connectivity index (χ4n) is 1.04. The van der Waals surface area contributed by atoms with Gasteiger partial charge < -0.3 is 10.6 Å². The van der Waals surface area contributed by atoms with E-state index in [0.717, 1.165) is 6.42 Å². The van der Waals surface area contributed by atoms with Gasteiger partial charge in [-0.25, -0.2) is 0 Å². The molecule has 2 unspecified atom stereocenters. The van der Waals surface area contributed by atoms with Crippen molar-refractivity contribution in [3.63, 3.8) is 0 Å². The van der Waals surface area contributed by atoms with Gasteiger partial charge in [-0.3, -0.25) is 9.00 Å². The quantitative estimate of drug-likeness (QED) is 0.695. The molecule has 0 saturated carbocycles. The first-order chi connectivity index (χ1) is 7.28. The molecular formula is C11H24N2O2S. The molecule has 0 radical (unpaired) electrons. The van der Waals surface area contributed by atoms with Gasteiger partial charge in [0.05, 0.1) is 6.04 Å². The van der Waals surface area contributed by atoms with E-state index >= 15 is 0 Å². The average molecular weight is 248 g/mol. The van der Waals surface area contributed by atoms with E-state index in [4.69, 9.17) is 0 Å². The monoisotopic (exact) mass is 248 g/mol. The Balaban J connectivity index is 3.95. The van der Waals surface area contributed by atoms with Crippen molar-refractivity contribution in [1.82, 2.24) is 10.6 Å². The third-order valence-corrected chi connectivity index (χ3v) is 3.36. The molecule has 0 saturated heterocycles. The Bertz CT molecular complexity index is 254. The number of hydrogen-bond donors (Lipinski definition) is 2. The van der Waals surface area contributed by atoms with E-state index < -0.39 is 10.8 Å². The molecule has 0 heterocycles. The van der Waals surface area contributed by atoms with Crippen LogP contribution in [0.25, 0.3) is 0 Å². The molecule has 0 aromatic rings. The van der Waals surface area contributed by atoms with E-state index in [2.05, 4.69) is 10.6 Å². The van der Waals surface area contributed by atoms with Gasteiger partial charge in [0.1, 0.15) is 0 Å². The maximum Gasteiger partial charge on any atom is 0.237 e. The van der Waals surface area contributed by atoms with Crippen LogP contribution in [-0.2, 0) is 15.6 Å². The van der Waals surface area contributed by atoms with Crippen LogP contribution in [0.4, 0.5) is 0 Å². The smallest absolute Gasteiger partial charge is 0.237 e. The first kappa shape index (κ1) is 15.6. The van der Waals surface area contributed by atoms with Crippen LogP contribution in [-0.4, -0.2) is 40.3 Å². The number of nitrogens with one attached hydrogen (secondary N) is 2. The van der Waals surface area contributed by atoms with Crippen molar-refractivity contribution in [2.45, 2.75) is 45.7 Å². The molecule has 0 aliphatic heterocycles. The van der Waals surface area contributed by atoms with Gasteiger partial charge in [-0.2, -0.15) is 0 Å². The summed E-state index contributed by atoms with van der Waals surface area (Å²) < 4.78 is 10.8. The summed E-state index contributed by atoms with van der Waals surface area (Å²) in [5.41, 5.74) is -0.166. The number of amides is 1. The summed E-state index contributed by atoms with van der Waals surface area (Å²) in [6, 6.07) is -0.241. The van der Waals surface area contributed by atoms with Crippen molar-refractivity contribution in [3.8, 4) is 0 Å². The van der Waals surface area contributed by atoms with Crippen molar-refractivity contribution in [2.75, 3.05) is 18.6 Å². The van der Waals surface area contributed by atoms with Crippen molar-refractivity contribution < 1.29 is 9.00 Å². The number of carbonyl (C=O) groups excluding carboxylic acids is 1. The number of rotatable bonds is 7. The van der Waals surface area contributed by atoms with Crippen molar-refractivity contribution >= 4 is 16.7 Å². The second-order valence-electron chi connectivity index (χ2n) is 4.68. The Kier molecular flexibility index (Phi) is 6.83. The second kappa shape index (κ2) is 7.01. The van der Waals surface area contributed by atoms with Crippen LogP contribution in [0, 0.1) is 0 Å². The lowest BCUT2D eigenvalue weighted by Crippen LogP contribution is -2.51. The summed E-state index contributed by atoms with van der Waals surface area (Å²) in [6.07, 6.45) is 2.55. The second-order valence-corrected chi connectivity index (χ2v) is 6.23. The largest absolute Gasteiger partial charge is 0.350 e. The van der Waals surface area contributed by atoms with Gasteiger partial charge in [-0.1, -0.05) is 6.92 Å². The lowest BCUT2D eigenvalue weighted by Gasteiger charge is -2.26. The van der Waals surface area contributed by atoms with Gasteiger partial charge in [0, 0.05) is 34.9 Å². The van der Waals surface area contributed by atoms with Crippen LogP contribution < -0.4 is 10.6 Å². The van der Waals surface area contributed by atoms with E-state index in [1.54, 1.807) is 6.26 Å². The van der Waals surface area contributed by atoms with Gasteiger partial charge in [-0.15, -0.1) is 0 Å². The molecule has 0 aliphatic carbocycles. The van der Waals surface area contributed by atoms with Crippen LogP contribution in [0.1, 0.15) is 34.1 Å². The summed E-state index contributed by atoms with van der Waals surface area (Å²) in [4.78, 5) is 11.7. The third kappa shape index (κ3) is 6.95. The first-order valence-corrected chi connectivity index (χ1v) is 7.36. The molecule has 96 valence electrons. The molecule has 0 fully saturated rings. The molecule has 0 spiro atoms. The normalized spacial score (nSPS) is 15.6. The highest BCUT2D eigenvalue weighted by molar-refractivity contribution is 7.84. The molecule has 5 heteroatoms. The highest BCUT2D eigenvalue weighted by atomic mass is 32.2. The van der Waals surface area contributed by atoms with Crippen molar-refractivity contribution in [3.05, 3.63) is 0 Å². The zero-order valence-electron chi connectivity index (χ0n) is 10.9. The highest BCUT2D eigenvalue weighted by Crippen LogP contribution is 2.06. The Hall–Kier alpha value is -0.420. The Morgan fingerprint density at radius 1 is 1.44 bits per heavy atom. The Morgan fingerprint density at radius 3 is 2.44 bits per heavy atom. The maximum atomic E-state index is 11.7. The zero-order valence-corrected chi connectivity index (χ0v) is 11.7. The first-order valence-electron chi connectivity index (χ1n) is 5.64. The van der Waals surface area contributed by atoms with Gasteiger partial charge in [-0.05, 0) is 27.2 Å². The maximum absolute atomic E-state index is 11.7. The van der Waals surface area contributed by atoms with Gasteiger partial charge in [0.15, 0.2) is 0 Å². The van der Waals surface area contributed by atoms with Crippen LogP contribution >= 0.6 is 0 Å². The Morgan fingerprint density at radius 2 is 2.00 bits per heavy atom. The molecule has 0 aromatic carbocycles. The van der Waals surface area contributed by atoms with Crippen molar-refractivity contribution in [2.24, 2.45) is 0 Å². The highest BCUT2D eigenvalue weighted by Gasteiger charge is 2.21. The standard InChI is InChI=1S/C11H24N2O2S/c1-6-11(3,4)13-10(14)9(2)12-7-8-16(5)15/h9,12H,6-8H2,1-5H3,(H,13,14). The fraction of sp³-hybridized carbons (Fsp3) is 0.909. The number of carbonyl (C=O) groups is 1. The average Bonchev–Trinajstić information content (AvgIpc) is 2.16. The molecule has 4 nitrogen and oxygen atoms in total. The van der Waals surface area contributed by atoms with E-state index in [1.165, 1.54) is 0 Å². The minimum absolute atomic E-state index is 0.00580. The van der Waals surface area contributed by atoms with Gasteiger partial charge in [0.25, 0.3) is 0 Å². The lowest BCUT2D eigenvalue weighted by atomic mass is 10.0. The molecule has 0 aromatic heterocycles. The molecule has 2 N–H and O–H groups in total. The van der Waals surface area contributed by atoms with E-state index in [-0.39, 0.29) is 17.5 Å². The molecule has 16 heavy (non-hydrogen) atoms. The number of hydrogen-bond acceptors (Lipinski definition) is 3. The molecule has 0 bridgehead atoms. The van der Waals surface area contributed by atoms with Crippen LogP contribution in [0.5, 0.6) is 0 Å². The van der Waals surface area contributed by atoms with E-state index in [9.17, 15) is 9.00 Å². The van der Waals surface area contributed by atoms with E-state index in [0.29, 0.717) is 12.3 Å². The topological polar surface area (TPSA) is 58.2 Å². The van der Waals surface area contributed by atoms with Gasteiger partial charge in [0.2, 0.25) is 5.91 Å². The summed E-state index contributed by atoms with van der Waals surface area (Å²) in [5.74, 6) is 0.572. The molecular weight excluding hydrogens is 224 g/mol. The lowest BCUT2D eigenvalue weighted by molar-refractivity contribution is -0.124. The van der Waals surface area contributed by atoms with E-state index in [1.807, 2.05) is 27.7 Å². The molecule has 0 aliphatic rings. The minimum Gasteiger partial charge on any atom is -0.350 e. The summed E-state index contributed by atoms with van der Waals surface area (Å²) >= 11 is 0. The Labute approximate surface area is 101 Å². The van der Waals surface area contributed by atoms with Crippen LogP contribution in [0.15, 0.2) is 0 Å². The molecule has 2 atom stereocenters. The zero-order chi connectivity index (χ0) is 12.8. The van der Waals surface area contributed by atoms with Crippen molar-refractivity contribution in [1.29, 1.82) is 0 Å². The minimum atomic E-state index is -0.810. The predicted molar refractivity (Wildman–Crippen MR) is 68.9 cm³/mol.